The van der Waals surface area contributed by atoms with Gasteiger partial charge in [0.05, 0.1) is 20.3 Å². The highest BCUT2D eigenvalue weighted by Gasteiger charge is 2.16. The normalized spacial score (nSPS) is 15.6. The second-order valence-electron chi connectivity index (χ2n) is 3.16. The zero-order valence-corrected chi connectivity index (χ0v) is 8.88. The fourth-order valence-electron chi connectivity index (χ4n) is 1.39. The van der Waals surface area contributed by atoms with Gasteiger partial charge in [-0.25, -0.2) is 0 Å². The first-order chi connectivity index (χ1) is 7.83. The SMILES string of the molecule is COc1nc(C#N)nc(N2CCOCC2)n1. The van der Waals surface area contributed by atoms with Crippen molar-refractivity contribution in [3.05, 3.63) is 5.82 Å². The van der Waals surface area contributed by atoms with Gasteiger partial charge in [0, 0.05) is 13.1 Å². The Kier molecular flexibility index (Phi) is 3.12. The molecular formula is C9H11N5O2. The number of aromatic nitrogens is 3. The monoisotopic (exact) mass is 221 g/mol. The molecule has 1 aromatic rings. The predicted octanol–water partition coefficient (Wildman–Crippen LogP) is -0.412. The van der Waals surface area contributed by atoms with Gasteiger partial charge in [-0.15, -0.1) is 0 Å². The first-order valence-electron chi connectivity index (χ1n) is 4.86. The van der Waals surface area contributed by atoms with Crippen LogP contribution in [0.25, 0.3) is 0 Å². The summed E-state index contributed by atoms with van der Waals surface area (Å²) in [5.41, 5.74) is 0. The second-order valence-corrected chi connectivity index (χ2v) is 3.16. The van der Waals surface area contributed by atoms with Crippen LogP contribution in [-0.2, 0) is 4.74 Å². The lowest BCUT2D eigenvalue weighted by Gasteiger charge is -2.26. The van der Waals surface area contributed by atoms with Gasteiger partial charge in [-0.1, -0.05) is 0 Å². The Balaban J connectivity index is 2.28. The Morgan fingerprint density at radius 2 is 2.06 bits per heavy atom. The largest absolute Gasteiger partial charge is 0.467 e. The lowest BCUT2D eigenvalue weighted by Crippen LogP contribution is -2.37. The molecule has 1 fully saturated rings. The topological polar surface area (TPSA) is 84.2 Å². The van der Waals surface area contributed by atoms with Crippen LogP contribution in [0.15, 0.2) is 0 Å². The first-order valence-corrected chi connectivity index (χ1v) is 4.86. The zero-order chi connectivity index (χ0) is 11.4. The Morgan fingerprint density at radius 3 is 2.69 bits per heavy atom. The Labute approximate surface area is 92.7 Å². The van der Waals surface area contributed by atoms with E-state index in [1.165, 1.54) is 7.11 Å². The maximum absolute atomic E-state index is 8.78. The molecule has 0 amide bonds. The fraction of sp³-hybridized carbons (Fsp3) is 0.556. The van der Waals surface area contributed by atoms with Crippen LogP contribution in [0.5, 0.6) is 6.01 Å². The van der Waals surface area contributed by atoms with Crippen LogP contribution in [0.2, 0.25) is 0 Å². The summed E-state index contributed by atoms with van der Waals surface area (Å²) in [4.78, 5) is 13.9. The summed E-state index contributed by atoms with van der Waals surface area (Å²) in [5, 5.41) is 8.78. The summed E-state index contributed by atoms with van der Waals surface area (Å²) in [6, 6.07) is 2.04. The number of anilines is 1. The third-order valence-electron chi connectivity index (χ3n) is 2.18. The standard InChI is InChI=1S/C9H11N5O2/c1-15-9-12-7(6-10)11-8(13-9)14-2-4-16-5-3-14/h2-5H2,1H3. The fourth-order valence-corrected chi connectivity index (χ4v) is 1.39. The number of nitrogens with zero attached hydrogens (tertiary/aromatic N) is 5. The van der Waals surface area contributed by atoms with E-state index in [0.717, 1.165) is 0 Å². The van der Waals surface area contributed by atoms with Crippen molar-refractivity contribution in [2.45, 2.75) is 0 Å². The number of morpholine rings is 1. The van der Waals surface area contributed by atoms with E-state index in [1.807, 2.05) is 11.0 Å². The minimum absolute atomic E-state index is 0.0633. The molecule has 7 nitrogen and oxygen atoms in total. The van der Waals surface area contributed by atoms with E-state index >= 15 is 0 Å². The Bertz CT molecular complexity index is 411. The molecule has 16 heavy (non-hydrogen) atoms. The van der Waals surface area contributed by atoms with Crippen molar-refractivity contribution >= 4 is 5.95 Å². The van der Waals surface area contributed by atoms with E-state index in [9.17, 15) is 0 Å². The summed E-state index contributed by atoms with van der Waals surface area (Å²) in [7, 11) is 1.46. The summed E-state index contributed by atoms with van der Waals surface area (Å²) in [5.74, 6) is 0.528. The van der Waals surface area contributed by atoms with Crippen LogP contribution in [0.1, 0.15) is 5.82 Å². The lowest BCUT2D eigenvalue weighted by molar-refractivity contribution is 0.122. The molecule has 0 radical (unpaired) electrons. The average Bonchev–Trinajstić information content (AvgIpc) is 2.39. The predicted molar refractivity (Wildman–Crippen MR) is 54.1 cm³/mol. The molecule has 1 aliphatic heterocycles. The van der Waals surface area contributed by atoms with Gasteiger partial charge in [-0.2, -0.15) is 20.2 Å². The third-order valence-corrected chi connectivity index (χ3v) is 2.18. The van der Waals surface area contributed by atoms with Gasteiger partial charge in [-0.3, -0.25) is 0 Å². The third kappa shape index (κ3) is 2.17. The number of ether oxygens (including phenoxy) is 2. The molecule has 0 aromatic carbocycles. The molecule has 1 aliphatic rings. The summed E-state index contributed by atoms with van der Waals surface area (Å²) < 4.78 is 10.1. The quantitative estimate of drug-likeness (QED) is 0.671. The highest BCUT2D eigenvalue weighted by atomic mass is 16.5. The molecule has 0 N–H and O–H groups in total. The van der Waals surface area contributed by atoms with Crippen molar-refractivity contribution in [1.82, 2.24) is 15.0 Å². The van der Waals surface area contributed by atoms with E-state index in [2.05, 4.69) is 15.0 Å². The zero-order valence-electron chi connectivity index (χ0n) is 8.88. The molecule has 2 rings (SSSR count). The van der Waals surface area contributed by atoms with Crippen molar-refractivity contribution in [2.75, 3.05) is 38.3 Å². The molecule has 0 bridgehead atoms. The molecule has 7 heteroatoms. The Morgan fingerprint density at radius 1 is 1.31 bits per heavy atom. The van der Waals surface area contributed by atoms with Gasteiger partial charge < -0.3 is 14.4 Å². The van der Waals surface area contributed by atoms with Gasteiger partial charge in [0.2, 0.25) is 11.8 Å². The number of hydrogen-bond acceptors (Lipinski definition) is 7. The number of methoxy groups -OCH3 is 1. The molecular weight excluding hydrogens is 210 g/mol. The molecule has 0 spiro atoms. The average molecular weight is 221 g/mol. The van der Waals surface area contributed by atoms with Gasteiger partial charge in [0.1, 0.15) is 6.07 Å². The van der Waals surface area contributed by atoms with Gasteiger partial charge in [0.15, 0.2) is 0 Å². The first kappa shape index (κ1) is 10.6. The molecule has 0 saturated carbocycles. The minimum Gasteiger partial charge on any atom is -0.467 e. The maximum atomic E-state index is 8.78. The van der Waals surface area contributed by atoms with Crippen molar-refractivity contribution in [1.29, 1.82) is 5.26 Å². The molecule has 0 atom stereocenters. The highest BCUT2D eigenvalue weighted by Crippen LogP contribution is 2.13. The number of rotatable bonds is 2. The minimum atomic E-state index is 0.0633. The van der Waals surface area contributed by atoms with Crippen molar-refractivity contribution in [3.8, 4) is 12.1 Å². The van der Waals surface area contributed by atoms with Gasteiger partial charge >= 0.3 is 6.01 Å². The lowest BCUT2D eigenvalue weighted by atomic mass is 10.4. The van der Waals surface area contributed by atoms with E-state index < -0.39 is 0 Å². The highest BCUT2D eigenvalue weighted by molar-refractivity contribution is 5.33. The smallest absolute Gasteiger partial charge is 0.322 e. The van der Waals surface area contributed by atoms with Gasteiger partial charge in [-0.05, 0) is 0 Å². The van der Waals surface area contributed by atoms with Crippen molar-refractivity contribution < 1.29 is 9.47 Å². The van der Waals surface area contributed by atoms with Crippen LogP contribution in [-0.4, -0.2) is 48.4 Å². The van der Waals surface area contributed by atoms with Crippen LogP contribution in [0.3, 0.4) is 0 Å². The molecule has 84 valence electrons. The van der Waals surface area contributed by atoms with Crippen LogP contribution in [0, 0.1) is 11.3 Å². The van der Waals surface area contributed by atoms with E-state index in [-0.39, 0.29) is 11.8 Å². The summed E-state index contributed by atoms with van der Waals surface area (Å²) in [6.45, 7) is 2.68. The van der Waals surface area contributed by atoms with Crippen LogP contribution < -0.4 is 9.64 Å². The molecule has 1 aromatic heterocycles. The molecule has 1 saturated heterocycles. The van der Waals surface area contributed by atoms with E-state index in [0.29, 0.717) is 32.3 Å². The van der Waals surface area contributed by atoms with Gasteiger partial charge in [0.25, 0.3) is 0 Å². The molecule has 0 unspecified atom stereocenters. The number of hydrogen-bond donors (Lipinski definition) is 0. The summed E-state index contributed by atoms with van der Waals surface area (Å²) in [6.07, 6.45) is 0. The van der Waals surface area contributed by atoms with E-state index in [1.54, 1.807) is 0 Å². The second kappa shape index (κ2) is 4.72. The maximum Gasteiger partial charge on any atom is 0.322 e. The number of nitriles is 1. The van der Waals surface area contributed by atoms with E-state index in [4.69, 9.17) is 14.7 Å². The van der Waals surface area contributed by atoms with Crippen LogP contribution >= 0.6 is 0 Å². The molecule has 0 aliphatic carbocycles. The summed E-state index contributed by atoms with van der Waals surface area (Å²) >= 11 is 0. The van der Waals surface area contributed by atoms with Crippen molar-refractivity contribution in [3.63, 3.8) is 0 Å². The van der Waals surface area contributed by atoms with Crippen LogP contribution in [0.4, 0.5) is 5.95 Å². The molecule has 2 heterocycles. The van der Waals surface area contributed by atoms with Crippen molar-refractivity contribution in [2.24, 2.45) is 0 Å². The Hall–Kier alpha value is -1.94.